The van der Waals surface area contributed by atoms with Gasteiger partial charge in [-0.2, -0.15) is 5.10 Å². The van der Waals surface area contributed by atoms with Crippen molar-refractivity contribution in [1.29, 1.82) is 0 Å². The highest BCUT2D eigenvalue weighted by atomic mass is 16.2. The van der Waals surface area contributed by atoms with E-state index < -0.39 is 0 Å². The number of para-hydroxylation sites is 1. The fraction of sp³-hybridized carbons (Fsp3) is 0.222. The SMILES string of the molecule is Cc1ccccc1NCC(=O)N/N=C\c1ccc(N(C)C)cc1. The monoisotopic (exact) mass is 310 g/mol. The van der Waals surface area contributed by atoms with Gasteiger partial charge in [-0.1, -0.05) is 30.3 Å². The van der Waals surface area contributed by atoms with Gasteiger partial charge in [-0.15, -0.1) is 0 Å². The van der Waals surface area contributed by atoms with Crippen LogP contribution in [-0.4, -0.2) is 32.8 Å². The van der Waals surface area contributed by atoms with Crippen LogP contribution >= 0.6 is 0 Å². The molecule has 0 fully saturated rings. The van der Waals surface area contributed by atoms with Crippen LogP contribution in [0.3, 0.4) is 0 Å². The third kappa shape index (κ3) is 5.14. The molecule has 0 bridgehead atoms. The lowest BCUT2D eigenvalue weighted by Crippen LogP contribution is -2.26. The number of amides is 1. The minimum absolute atomic E-state index is 0.182. The second kappa shape index (κ2) is 7.98. The van der Waals surface area contributed by atoms with Crippen molar-refractivity contribution in [1.82, 2.24) is 5.43 Å². The van der Waals surface area contributed by atoms with Gasteiger partial charge in [-0.05, 0) is 36.2 Å². The molecule has 0 saturated carbocycles. The molecule has 2 N–H and O–H groups in total. The molecule has 5 nitrogen and oxygen atoms in total. The quantitative estimate of drug-likeness (QED) is 0.637. The van der Waals surface area contributed by atoms with Crippen molar-refractivity contribution in [3.05, 3.63) is 59.7 Å². The highest BCUT2D eigenvalue weighted by Crippen LogP contribution is 2.12. The molecule has 0 aliphatic carbocycles. The van der Waals surface area contributed by atoms with Crippen LogP contribution in [-0.2, 0) is 4.79 Å². The van der Waals surface area contributed by atoms with E-state index in [0.29, 0.717) is 0 Å². The first-order valence-electron chi connectivity index (χ1n) is 7.45. The maximum absolute atomic E-state index is 11.8. The average Bonchev–Trinajstić information content (AvgIpc) is 2.54. The van der Waals surface area contributed by atoms with Crippen LogP contribution < -0.4 is 15.6 Å². The summed E-state index contributed by atoms with van der Waals surface area (Å²) in [5.41, 5.74) is 6.62. The summed E-state index contributed by atoms with van der Waals surface area (Å²) in [6.45, 7) is 2.18. The summed E-state index contributed by atoms with van der Waals surface area (Å²) >= 11 is 0. The van der Waals surface area contributed by atoms with E-state index in [1.807, 2.05) is 74.4 Å². The maximum Gasteiger partial charge on any atom is 0.259 e. The molecule has 0 radical (unpaired) electrons. The Morgan fingerprint density at radius 1 is 1.13 bits per heavy atom. The summed E-state index contributed by atoms with van der Waals surface area (Å²) in [6.07, 6.45) is 1.63. The van der Waals surface area contributed by atoms with E-state index in [9.17, 15) is 4.79 Å². The minimum Gasteiger partial charge on any atom is -0.378 e. The van der Waals surface area contributed by atoms with Crippen LogP contribution in [0, 0.1) is 6.92 Å². The molecule has 0 aromatic heterocycles. The molecule has 2 aromatic carbocycles. The molecule has 0 unspecified atom stereocenters. The Bertz CT molecular complexity index is 678. The fourth-order valence-corrected chi connectivity index (χ4v) is 2.02. The van der Waals surface area contributed by atoms with Gasteiger partial charge >= 0.3 is 0 Å². The number of carbonyl (C=O) groups excluding carboxylic acids is 1. The summed E-state index contributed by atoms with van der Waals surface area (Å²) in [6, 6.07) is 15.8. The fourth-order valence-electron chi connectivity index (χ4n) is 2.02. The van der Waals surface area contributed by atoms with Gasteiger partial charge in [-0.3, -0.25) is 4.79 Å². The Morgan fingerprint density at radius 3 is 2.48 bits per heavy atom. The molecule has 0 heterocycles. The number of hydrazone groups is 1. The third-order valence-corrected chi connectivity index (χ3v) is 3.40. The van der Waals surface area contributed by atoms with Crippen LogP contribution in [0.2, 0.25) is 0 Å². The molecule has 0 atom stereocenters. The normalized spacial score (nSPS) is 10.6. The van der Waals surface area contributed by atoms with E-state index in [2.05, 4.69) is 15.8 Å². The predicted octanol–water partition coefficient (Wildman–Crippen LogP) is 2.62. The van der Waals surface area contributed by atoms with Gasteiger partial charge in [0.15, 0.2) is 0 Å². The topological polar surface area (TPSA) is 56.7 Å². The second-order valence-corrected chi connectivity index (χ2v) is 5.45. The van der Waals surface area contributed by atoms with Crippen molar-refractivity contribution in [3.63, 3.8) is 0 Å². The summed E-state index contributed by atoms with van der Waals surface area (Å²) in [4.78, 5) is 13.8. The van der Waals surface area contributed by atoms with Gasteiger partial charge in [-0.25, -0.2) is 5.43 Å². The molecule has 2 rings (SSSR count). The van der Waals surface area contributed by atoms with E-state index in [1.165, 1.54) is 0 Å². The maximum atomic E-state index is 11.8. The zero-order chi connectivity index (χ0) is 16.7. The number of nitrogens with zero attached hydrogens (tertiary/aromatic N) is 2. The van der Waals surface area contributed by atoms with Gasteiger partial charge in [0.2, 0.25) is 0 Å². The van der Waals surface area contributed by atoms with Gasteiger partial charge in [0, 0.05) is 25.5 Å². The lowest BCUT2D eigenvalue weighted by molar-refractivity contribution is -0.119. The Labute approximate surface area is 137 Å². The molecule has 0 aliphatic rings. The van der Waals surface area contributed by atoms with Crippen molar-refractivity contribution in [2.75, 3.05) is 30.9 Å². The predicted molar refractivity (Wildman–Crippen MR) is 96.2 cm³/mol. The zero-order valence-electron chi connectivity index (χ0n) is 13.7. The second-order valence-electron chi connectivity index (χ2n) is 5.45. The van der Waals surface area contributed by atoms with E-state index in [4.69, 9.17) is 0 Å². The number of nitrogens with one attached hydrogen (secondary N) is 2. The van der Waals surface area contributed by atoms with Gasteiger partial charge in [0.05, 0.1) is 12.8 Å². The first-order valence-corrected chi connectivity index (χ1v) is 7.45. The Hall–Kier alpha value is -2.82. The van der Waals surface area contributed by atoms with Crippen molar-refractivity contribution in [2.45, 2.75) is 6.92 Å². The van der Waals surface area contributed by atoms with Crippen molar-refractivity contribution in [2.24, 2.45) is 5.10 Å². The first kappa shape index (κ1) is 16.5. The van der Waals surface area contributed by atoms with Crippen LogP contribution in [0.25, 0.3) is 0 Å². The molecule has 2 aromatic rings. The summed E-state index contributed by atoms with van der Waals surface area (Å²) in [5, 5.41) is 7.06. The van der Waals surface area contributed by atoms with Crippen LogP contribution in [0.4, 0.5) is 11.4 Å². The van der Waals surface area contributed by atoms with Crippen molar-refractivity contribution in [3.8, 4) is 0 Å². The lowest BCUT2D eigenvalue weighted by Gasteiger charge is -2.11. The van der Waals surface area contributed by atoms with Crippen LogP contribution in [0.1, 0.15) is 11.1 Å². The highest BCUT2D eigenvalue weighted by Gasteiger charge is 2.01. The Morgan fingerprint density at radius 2 is 1.83 bits per heavy atom. The third-order valence-electron chi connectivity index (χ3n) is 3.40. The number of rotatable bonds is 6. The minimum atomic E-state index is -0.186. The van der Waals surface area contributed by atoms with Gasteiger partial charge < -0.3 is 10.2 Å². The molecule has 5 heteroatoms. The van der Waals surface area contributed by atoms with E-state index in [0.717, 1.165) is 22.5 Å². The molecular weight excluding hydrogens is 288 g/mol. The molecule has 23 heavy (non-hydrogen) atoms. The van der Waals surface area contributed by atoms with E-state index in [-0.39, 0.29) is 12.5 Å². The summed E-state index contributed by atoms with van der Waals surface area (Å²) < 4.78 is 0. The Kier molecular flexibility index (Phi) is 5.74. The average molecular weight is 310 g/mol. The zero-order valence-corrected chi connectivity index (χ0v) is 13.7. The number of anilines is 2. The van der Waals surface area contributed by atoms with E-state index in [1.54, 1.807) is 6.21 Å². The van der Waals surface area contributed by atoms with Gasteiger partial charge in [0.1, 0.15) is 0 Å². The molecule has 0 spiro atoms. The smallest absolute Gasteiger partial charge is 0.259 e. The van der Waals surface area contributed by atoms with Crippen LogP contribution in [0.5, 0.6) is 0 Å². The number of benzene rings is 2. The van der Waals surface area contributed by atoms with E-state index >= 15 is 0 Å². The number of aryl methyl sites for hydroxylation is 1. The number of hydrogen-bond donors (Lipinski definition) is 2. The molecule has 1 amide bonds. The highest BCUT2D eigenvalue weighted by molar-refractivity contribution is 5.84. The molecule has 0 aliphatic heterocycles. The van der Waals surface area contributed by atoms with Crippen molar-refractivity contribution >= 4 is 23.5 Å². The number of hydrogen-bond acceptors (Lipinski definition) is 4. The largest absolute Gasteiger partial charge is 0.378 e. The summed E-state index contributed by atoms with van der Waals surface area (Å²) in [7, 11) is 3.98. The molecule has 0 saturated heterocycles. The first-order chi connectivity index (χ1) is 11.1. The van der Waals surface area contributed by atoms with Crippen molar-refractivity contribution < 1.29 is 4.79 Å². The molecule has 120 valence electrons. The lowest BCUT2D eigenvalue weighted by atomic mass is 10.2. The summed E-state index contributed by atoms with van der Waals surface area (Å²) in [5.74, 6) is -0.186. The standard InChI is InChI=1S/C18H22N4O/c1-14-6-4-5-7-17(14)19-13-18(23)21-20-12-15-8-10-16(11-9-15)22(2)3/h4-12,19H,13H2,1-3H3,(H,21,23)/b20-12-. The van der Waals surface area contributed by atoms with Gasteiger partial charge in [0.25, 0.3) is 5.91 Å². The molecular formula is C18H22N4O. The van der Waals surface area contributed by atoms with Crippen LogP contribution in [0.15, 0.2) is 53.6 Å². The number of carbonyl (C=O) groups is 1. The Balaban J connectivity index is 1.80.